The Morgan fingerprint density at radius 2 is 1.91 bits per heavy atom. The predicted octanol–water partition coefficient (Wildman–Crippen LogP) is 3.39. The van der Waals surface area contributed by atoms with Crippen LogP contribution in [0.25, 0.3) is 0 Å². The molecule has 0 bridgehead atoms. The molecule has 0 saturated carbocycles. The normalized spacial score (nSPS) is 10.1. The topological polar surface area (TPSA) is 52.6 Å². The summed E-state index contributed by atoms with van der Waals surface area (Å²) >= 11 is 0. The van der Waals surface area contributed by atoms with E-state index in [0.717, 1.165) is 5.56 Å². The van der Waals surface area contributed by atoms with Crippen molar-refractivity contribution in [2.75, 3.05) is 7.11 Å². The van der Waals surface area contributed by atoms with Gasteiger partial charge in [-0.2, -0.15) is 0 Å². The fraction of sp³-hybridized carbons (Fsp3) is 0.176. The van der Waals surface area contributed by atoms with Crippen LogP contribution in [0.4, 0.5) is 4.39 Å². The Hall–Kier alpha value is -2.69. The van der Waals surface area contributed by atoms with Crippen molar-refractivity contribution >= 4 is 11.8 Å². The molecule has 0 unspecified atom stereocenters. The number of carbonyl (C=O) groups is 2. The van der Waals surface area contributed by atoms with E-state index in [4.69, 9.17) is 4.74 Å². The van der Waals surface area contributed by atoms with Gasteiger partial charge in [-0.15, -0.1) is 0 Å². The number of benzene rings is 2. The Balaban J connectivity index is 2.09. The van der Waals surface area contributed by atoms with Gasteiger partial charge in [0.2, 0.25) is 0 Å². The van der Waals surface area contributed by atoms with Crippen molar-refractivity contribution in [3.8, 4) is 5.75 Å². The van der Waals surface area contributed by atoms with Crippen molar-refractivity contribution in [1.82, 2.24) is 0 Å². The van der Waals surface area contributed by atoms with E-state index in [9.17, 15) is 14.0 Å². The van der Waals surface area contributed by atoms with Crippen molar-refractivity contribution in [1.29, 1.82) is 0 Å². The van der Waals surface area contributed by atoms with Crippen molar-refractivity contribution in [2.45, 2.75) is 13.5 Å². The first-order valence-electron chi connectivity index (χ1n) is 6.62. The molecule has 2 aromatic carbocycles. The molecule has 2 aromatic rings. The molecule has 0 N–H and O–H groups in total. The van der Waals surface area contributed by atoms with Crippen LogP contribution in [0.15, 0.2) is 42.5 Å². The smallest absolute Gasteiger partial charge is 0.337 e. The summed E-state index contributed by atoms with van der Waals surface area (Å²) in [4.78, 5) is 22.6. The molecule has 0 radical (unpaired) electrons. The molecular formula is C17H15FO4. The van der Waals surface area contributed by atoms with Gasteiger partial charge in [-0.05, 0) is 36.8 Å². The lowest BCUT2D eigenvalue weighted by molar-refractivity contribution is 0.0600. The van der Waals surface area contributed by atoms with Crippen LogP contribution in [0, 0.1) is 5.82 Å². The van der Waals surface area contributed by atoms with Gasteiger partial charge < -0.3 is 9.47 Å². The Bertz CT molecular complexity index is 710. The van der Waals surface area contributed by atoms with Crippen LogP contribution >= 0.6 is 0 Å². The second-order valence-corrected chi connectivity index (χ2v) is 4.68. The van der Waals surface area contributed by atoms with Crippen molar-refractivity contribution < 1.29 is 23.5 Å². The summed E-state index contributed by atoms with van der Waals surface area (Å²) in [7, 11) is 1.31. The minimum Gasteiger partial charge on any atom is -0.489 e. The van der Waals surface area contributed by atoms with Crippen LogP contribution < -0.4 is 4.74 Å². The van der Waals surface area contributed by atoms with Crippen LogP contribution in [0.3, 0.4) is 0 Å². The van der Waals surface area contributed by atoms with Gasteiger partial charge in [-0.1, -0.05) is 12.1 Å². The summed E-state index contributed by atoms with van der Waals surface area (Å²) in [5, 5.41) is 0. The summed E-state index contributed by atoms with van der Waals surface area (Å²) in [5.41, 5.74) is 1.20. The number of Topliss-reactive ketones (excluding diaryl/α,β-unsaturated/α-hetero) is 1. The number of carbonyl (C=O) groups excluding carboxylic acids is 2. The Kier molecular flexibility index (Phi) is 4.88. The predicted molar refractivity (Wildman–Crippen MR) is 78.5 cm³/mol. The maximum Gasteiger partial charge on any atom is 0.337 e. The highest BCUT2D eigenvalue weighted by Gasteiger charge is 2.09. The van der Waals surface area contributed by atoms with Gasteiger partial charge in [0, 0.05) is 6.07 Å². The number of ketones is 1. The number of methoxy groups -OCH3 is 1. The first-order valence-corrected chi connectivity index (χ1v) is 6.62. The molecule has 0 aliphatic heterocycles. The van der Waals surface area contributed by atoms with E-state index in [1.807, 2.05) is 0 Å². The number of halogens is 1. The number of esters is 1. The molecule has 0 heterocycles. The molecule has 0 atom stereocenters. The molecule has 0 aliphatic rings. The van der Waals surface area contributed by atoms with Gasteiger partial charge in [-0.3, -0.25) is 4.79 Å². The lowest BCUT2D eigenvalue weighted by atomic mass is 10.1. The van der Waals surface area contributed by atoms with Crippen LogP contribution in [0.2, 0.25) is 0 Å². The van der Waals surface area contributed by atoms with Gasteiger partial charge in [0.1, 0.15) is 18.2 Å². The second-order valence-electron chi connectivity index (χ2n) is 4.68. The van der Waals surface area contributed by atoms with E-state index < -0.39 is 11.8 Å². The van der Waals surface area contributed by atoms with Gasteiger partial charge in [0.15, 0.2) is 5.78 Å². The number of ether oxygens (including phenoxy) is 2. The zero-order valence-electron chi connectivity index (χ0n) is 12.3. The molecule has 0 amide bonds. The standard InChI is InChI=1S/C17H15FO4/c1-11(19)15-7-6-14(9-16(15)18)22-10-12-4-3-5-13(8-12)17(20)21-2/h3-9H,10H2,1-2H3. The summed E-state index contributed by atoms with van der Waals surface area (Å²) in [6.45, 7) is 1.47. The first-order chi connectivity index (χ1) is 10.5. The Morgan fingerprint density at radius 1 is 1.14 bits per heavy atom. The maximum absolute atomic E-state index is 13.7. The Morgan fingerprint density at radius 3 is 2.55 bits per heavy atom. The molecule has 0 aromatic heterocycles. The largest absolute Gasteiger partial charge is 0.489 e. The van der Waals surface area contributed by atoms with E-state index in [-0.39, 0.29) is 18.0 Å². The fourth-order valence-corrected chi connectivity index (χ4v) is 1.94. The zero-order valence-corrected chi connectivity index (χ0v) is 12.3. The monoisotopic (exact) mass is 302 g/mol. The molecule has 0 aliphatic carbocycles. The van der Waals surface area contributed by atoms with E-state index in [1.54, 1.807) is 24.3 Å². The van der Waals surface area contributed by atoms with Crippen LogP contribution in [0.5, 0.6) is 5.75 Å². The number of hydrogen-bond acceptors (Lipinski definition) is 4. The number of hydrogen-bond donors (Lipinski definition) is 0. The van der Waals surface area contributed by atoms with E-state index in [0.29, 0.717) is 11.3 Å². The average molecular weight is 302 g/mol. The molecule has 0 spiro atoms. The third-order valence-corrected chi connectivity index (χ3v) is 3.07. The highest BCUT2D eigenvalue weighted by atomic mass is 19.1. The summed E-state index contributed by atoms with van der Waals surface area (Å²) < 4.78 is 23.8. The second kappa shape index (κ2) is 6.85. The molecule has 2 rings (SSSR count). The lowest BCUT2D eigenvalue weighted by Crippen LogP contribution is -2.03. The lowest BCUT2D eigenvalue weighted by Gasteiger charge is -2.08. The van der Waals surface area contributed by atoms with Crippen molar-refractivity contribution in [3.63, 3.8) is 0 Å². The third kappa shape index (κ3) is 3.69. The SMILES string of the molecule is COC(=O)c1cccc(COc2ccc(C(C)=O)c(F)c2)c1. The van der Waals surface area contributed by atoms with Crippen molar-refractivity contribution in [2.24, 2.45) is 0 Å². The highest BCUT2D eigenvalue weighted by molar-refractivity contribution is 5.94. The van der Waals surface area contributed by atoms with Crippen LogP contribution in [-0.2, 0) is 11.3 Å². The van der Waals surface area contributed by atoms with Gasteiger partial charge in [-0.25, -0.2) is 9.18 Å². The van der Waals surface area contributed by atoms with Gasteiger partial charge >= 0.3 is 5.97 Å². The summed E-state index contributed by atoms with van der Waals surface area (Å²) in [5.74, 6) is -1.08. The minimum atomic E-state index is -0.617. The molecule has 0 fully saturated rings. The molecule has 114 valence electrons. The Labute approximate surface area is 127 Å². The van der Waals surface area contributed by atoms with Gasteiger partial charge in [0.25, 0.3) is 0 Å². The number of rotatable bonds is 5. The fourth-order valence-electron chi connectivity index (χ4n) is 1.94. The molecular weight excluding hydrogens is 287 g/mol. The summed E-state index contributed by atoms with van der Waals surface area (Å²) in [6, 6.07) is 10.9. The van der Waals surface area contributed by atoms with E-state index in [1.165, 1.54) is 32.2 Å². The third-order valence-electron chi connectivity index (χ3n) is 3.07. The maximum atomic E-state index is 13.7. The molecule has 4 nitrogen and oxygen atoms in total. The summed E-state index contributed by atoms with van der Waals surface area (Å²) in [6.07, 6.45) is 0. The van der Waals surface area contributed by atoms with Crippen molar-refractivity contribution in [3.05, 3.63) is 65.0 Å². The molecule has 22 heavy (non-hydrogen) atoms. The van der Waals surface area contributed by atoms with E-state index >= 15 is 0 Å². The molecule has 0 saturated heterocycles. The van der Waals surface area contributed by atoms with Crippen LogP contribution in [0.1, 0.15) is 33.2 Å². The average Bonchev–Trinajstić information content (AvgIpc) is 2.52. The minimum absolute atomic E-state index is 0.0278. The van der Waals surface area contributed by atoms with Crippen LogP contribution in [-0.4, -0.2) is 18.9 Å². The first kappa shape index (κ1) is 15.7. The quantitative estimate of drug-likeness (QED) is 0.627. The zero-order chi connectivity index (χ0) is 16.1. The highest BCUT2D eigenvalue weighted by Crippen LogP contribution is 2.18. The molecule has 5 heteroatoms. The van der Waals surface area contributed by atoms with E-state index in [2.05, 4.69) is 4.74 Å². The van der Waals surface area contributed by atoms with Gasteiger partial charge in [0.05, 0.1) is 18.2 Å².